The Kier molecular flexibility index (Phi) is 3.39. The van der Waals surface area contributed by atoms with Gasteiger partial charge in [0.25, 0.3) is 10.1 Å². The standard InChI is InChI=1S/C14H21NO3S/c1-10-5-6-12-11(9-19(16,17)18)8-14(2,3)15(4)13(12)7-10/h5-7,11H,8-9H2,1-4H3,(H,16,17,18). The number of anilines is 1. The van der Waals surface area contributed by atoms with Crippen LogP contribution in [0.5, 0.6) is 0 Å². The Morgan fingerprint density at radius 2 is 2.05 bits per heavy atom. The number of fused-ring (bicyclic) bond motifs is 1. The average Bonchev–Trinajstić information content (AvgIpc) is 2.23. The average molecular weight is 283 g/mol. The molecular weight excluding hydrogens is 262 g/mol. The maximum Gasteiger partial charge on any atom is 0.265 e. The van der Waals surface area contributed by atoms with Crippen LogP contribution in [-0.4, -0.2) is 31.3 Å². The maximum atomic E-state index is 11.2. The number of rotatable bonds is 2. The number of benzene rings is 1. The molecule has 0 aliphatic carbocycles. The molecule has 5 heteroatoms. The molecule has 1 aromatic rings. The van der Waals surface area contributed by atoms with Gasteiger partial charge >= 0.3 is 0 Å². The highest BCUT2D eigenvalue weighted by atomic mass is 32.2. The molecule has 1 unspecified atom stereocenters. The third-order valence-corrected chi connectivity index (χ3v) is 4.88. The summed E-state index contributed by atoms with van der Waals surface area (Å²) in [4.78, 5) is 2.19. The lowest BCUT2D eigenvalue weighted by atomic mass is 9.80. The Hall–Kier alpha value is -1.07. The van der Waals surface area contributed by atoms with Gasteiger partial charge < -0.3 is 4.90 Å². The zero-order valence-electron chi connectivity index (χ0n) is 11.8. The van der Waals surface area contributed by atoms with Crippen molar-refractivity contribution in [3.63, 3.8) is 0 Å². The molecule has 1 aromatic carbocycles. The lowest BCUT2D eigenvalue weighted by Crippen LogP contribution is -2.47. The molecule has 0 bridgehead atoms. The minimum atomic E-state index is -3.96. The summed E-state index contributed by atoms with van der Waals surface area (Å²) < 4.78 is 31.6. The molecule has 1 atom stereocenters. The monoisotopic (exact) mass is 283 g/mol. The van der Waals surface area contributed by atoms with Crippen LogP contribution in [0.3, 0.4) is 0 Å². The molecular formula is C14H21NO3S. The SMILES string of the molecule is Cc1ccc2c(c1)N(C)C(C)(C)CC2CS(=O)(=O)O. The van der Waals surface area contributed by atoms with Crippen molar-refractivity contribution in [3.8, 4) is 0 Å². The molecule has 0 spiro atoms. The van der Waals surface area contributed by atoms with Gasteiger partial charge in [-0.1, -0.05) is 12.1 Å². The molecule has 2 rings (SSSR count). The third kappa shape index (κ3) is 2.92. The lowest BCUT2D eigenvalue weighted by Gasteiger charge is -2.46. The molecule has 0 amide bonds. The minimum Gasteiger partial charge on any atom is -0.369 e. The molecule has 0 fully saturated rings. The topological polar surface area (TPSA) is 57.6 Å². The van der Waals surface area contributed by atoms with Crippen molar-refractivity contribution in [3.05, 3.63) is 29.3 Å². The lowest BCUT2D eigenvalue weighted by molar-refractivity contribution is 0.389. The van der Waals surface area contributed by atoms with Gasteiger partial charge in [-0.05, 0) is 44.4 Å². The van der Waals surface area contributed by atoms with E-state index < -0.39 is 10.1 Å². The second kappa shape index (κ2) is 4.49. The first-order chi connectivity index (χ1) is 8.60. The van der Waals surface area contributed by atoms with Gasteiger partial charge in [-0.3, -0.25) is 4.55 Å². The van der Waals surface area contributed by atoms with E-state index in [1.165, 1.54) is 0 Å². The van der Waals surface area contributed by atoms with E-state index >= 15 is 0 Å². The van der Waals surface area contributed by atoms with Crippen molar-refractivity contribution >= 4 is 15.8 Å². The number of hydrogen-bond donors (Lipinski definition) is 1. The van der Waals surface area contributed by atoms with E-state index in [0.717, 1.165) is 16.8 Å². The Balaban J connectivity index is 2.52. The Morgan fingerprint density at radius 3 is 2.63 bits per heavy atom. The van der Waals surface area contributed by atoms with E-state index in [2.05, 4.69) is 24.8 Å². The first-order valence-electron chi connectivity index (χ1n) is 6.40. The van der Waals surface area contributed by atoms with Crippen LogP contribution in [0.4, 0.5) is 5.69 Å². The minimum absolute atomic E-state index is 0.129. The van der Waals surface area contributed by atoms with E-state index in [1.54, 1.807) is 0 Å². The summed E-state index contributed by atoms with van der Waals surface area (Å²) in [6.45, 7) is 6.21. The smallest absolute Gasteiger partial charge is 0.265 e. The quantitative estimate of drug-likeness (QED) is 0.848. The summed E-state index contributed by atoms with van der Waals surface area (Å²) in [6, 6.07) is 6.04. The van der Waals surface area contributed by atoms with E-state index in [0.29, 0.717) is 6.42 Å². The van der Waals surface area contributed by atoms with E-state index in [9.17, 15) is 8.42 Å². The van der Waals surface area contributed by atoms with E-state index in [1.807, 2.05) is 26.1 Å². The van der Waals surface area contributed by atoms with Gasteiger partial charge in [0, 0.05) is 24.2 Å². The number of hydrogen-bond acceptors (Lipinski definition) is 3. The zero-order valence-corrected chi connectivity index (χ0v) is 12.7. The molecule has 0 saturated carbocycles. The summed E-state index contributed by atoms with van der Waals surface area (Å²) in [6.07, 6.45) is 0.708. The van der Waals surface area contributed by atoms with Crippen molar-refractivity contribution < 1.29 is 13.0 Å². The second-order valence-electron chi connectivity index (χ2n) is 6.08. The van der Waals surface area contributed by atoms with Crippen LogP contribution in [0.1, 0.15) is 37.3 Å². The summed E-state index contributed by atoms with van der Waals surface area (Å²) in [7, 11) is -1.93. The van der Waals surface area contributed by atoms with Crippen LogP contribution < -0.4 is 4.90 Å². The van der Waals surface area contributed by atoms with Crippen molar-refractivity contribution in [2.45, 2.75) is 38.6 Å². The van der Waals surface area contributed by atoms with Gasteiger partial charge in [-0.15, -0.1) is 0 Å². The number of aryl methyl sites for hydroxylation is 1. The molecule has 0 aromatic heterocycles. The van der Waals surface area contributed by atoms with Gasteiger partial charge in [-0.25, -0.2) is 0 Å². The van der Waals surface area contributed by atoms with Gasteiger partial charge in [-0.2, -0.15) is 8.42 Å². The summed E-state index contributed by atoms with van der Waals surface area (Å²) >= 11 is 0. The molecule has 0 radical (unpaired) electrons. The predicted octanol–water partition coefficient (Wildman–Crippen LogP) is 2.58. The fraction of sp³-hybridized carbons (Fsp3) is 0.571. The highest BCUT2D eigenvalue weighted by molar-refractivity contribution is 7.85. The molecule has 0 saturated heterocycles. The van der Waals surface area contributed by atoms with Crippen molar-refractivity contribution in [1.82, 2.24) is 0 Å². The molecule has 106 valence electrons. The van der Waals surface area contributed by atoms with Crippen LogP contribution in [0.15, 0.2) is 18.2 Å². The highest BCUT2D eigenvalue weighted by Gasteiger charge is 2.37. The molecule has 1 heterocycles. The highest BCUT2D eigenvalue weighted by Crippen LogP contribution is 2.43. The van der Waals surface area contributed by atoms with Crippen LogP contribution in [0.2, 0.25) is 0 Å². The molecule has 1 aliphatic heterocycles. The van der Waals surface area contributed by atoms with Crippen LogP contribution in [-0.2, 0) is 10.1 Å². The predicted molar refractivity (Wildman–Crippen MR) is 77.4 cm³/mol. The van der Waals surface area contributed by atoms with Gasteiger partial charge in [0.05, 0.1) is 5.75 Å². The second-order valence-corrected chi connectivity index (χ2v) is 7.58. The van der Waals surface area contributed by atoms with Gasteiger partial charge in [0.15, 0.2) is 0 Å². The first-order valence-corrected chi connectivity index (χ1v) is 8.00. The van der Waals surface area contributed by atoms with Crippen molar-refractivity contribution in [1.29, 1.82) is 0 Å². The molecule has 1 N–H and O–H groups in total. The van der Waals surface area contributed by atoms with E-state index in [4.69, 9.17) is 4.55 Å². The fourth-order valence-electron chi connectivity index (χ4n) is 2.87. The van der Waals surface area contributed by atoms with Crippen molar-refractivity contribution in [2.75, 3.05) is 17.7 Å². The molecule has 4 nitrogen and oxygen atoms in total. The van der Waals surface area contributed by atoms with E-state index in [-0.39, 0.29) is 17.2 Å². The molecule has 19 heavy (non-hydrogen) atoms. The fourth-order valence-corrected chi connectivity index (χ4v) is 3.67. The maximum absolute atomic E-state index is 11.2. The third-order valence-electron chi connectivity index (χ3n) is 4.05. The normalized spacial score (nSPS) is 22.2. The Morgan fingerprint density at radius 1 is 1.42 bits per heavy atom. The van der Waals surface area contributed by atoms with Crippen LogP contribution in [0.25, 0.3) is 0 Å². The summed E-state index contributed by atoms with van der Waals surface area (Å²) in [5, 5.41) is 0. The van der Waals surface area contributed by atoms with Gasteiger partial charge in [0.1, 0.15) is 0 Å². The molecule has 1 aliphatic rings. The first kappa shape index (κ1) is 14.3. The van der Waals surface area contributed by atoms with Crippen LogP contribution in [0, 0.1) is 6.92 Å². The zero-order chi connectivity index (χ0) is 14.4. The largest absolute Gasteiger partial charge is 0.369 e. The van der Waals surface area contributed by atoms with Gasteiger partial charge in [0.2, 0.25) is 0 Å². The summed E-state index contributed by atoms with van der Waals surface area (Å²) in [5.74, 6) is -0.364. The van der Waals surface area contributed by atoms with Crippen LogP contribution >= 0.6 is 0 Å². The Labute approximate surface area is 115 Å². The van der Waals surface area contributed by atoms with Crippen molar-refractivity contribution in [2.24, 2.45) is 0 Å². The number of nitrogens with zero attached hydrogens (tertiary/aromatic N) is 1. The summed E-state index contributed by atoms with van der Waals surface area (Å²) in [5.41, 5.74) is 3.08. The Bertz CT molecular complexity index is 593.